The van der Waals surface area contributed by atoms with Crippen LogP contribution in [0.25, 0.3) is 34.6 Å². The van der Waals surface area contributed by atoms with Crippen LogP contribution in [0.5, 0.6) is 17.2 Å². The second kappa shape index (κ2) is 30.9. The molecule has 6 aromatic heterocycles. The largest absolute Gasteiger partial charge is 0.489 e. The Balaban J connectivity index is 0.000000168. The number of aromatic nitrogens is 12. The Morgan fingerprint density at radius 3 is 1.81 bits per heavy atom. The summed E-state index contributed by atoms with van der Waals surface area (Å²) in [6, 6.07) is 30.6. The molecule has 4 bridgehead atoms. The lowest BCUT2D eigenvalue weighted by atomic mass is 10.1. The van der Waals surface area contributed by atoms with E-state index in [0.29, 0.717) is 92.6 Å². The number of hydrogen-bond acceptors (Lipinski definition) is 19. The van der Waals surface area contributed by atoms with Crippen LogP contribution >= 0.6 is 47.8 Å². The molecule has 0 atom stereocenters. The Kier molecular flexibility index (Phi) is 22.3. The minimum Gasteiger partial charge on any atom is -0.489 e. The van der Waals surface area contributed by atoms with Crippen LogP contribution in [-0.2, 0) is 29.1 Å². The fourth-order valence-electron chi connectivity index (χ4n) is 8.81. The first-order chi connectivity index (χ1) is 45.1. The lowest BCUT2D eigenvalue weighted by molar-refractivity contribution is 0.0546. The number of hydrogen-bond donors (Lipinski definition) is 1. The van der Waals surface area contributed by atoms with E-state index in [2.05, 4.69) is 112 Å². The molecule has 3 aromatic carbocycles. The molecule has 0 fully saturated rings. The maximum Gasteiger partial charge on any atom is 0.423 e. The Morgan fingerprint density at radius 2 is 1.18 bits per heavy atom. The normalized spacial score (nSPS) is 13.5. The van der Waals surface area contributed by atoms with Crippen LogP contribution in [-0.4, -0.2) is 120 Å². The topological polar surface area (TPSA) is 281 Å². The molecule has 2 aliphatic rings. The second-order valence-electron chi connectivity index (χ2n) is 22.2. The molecule has 0 unspecified atom stereocenters. The summed E-state index contributed by atoms with van der Waals surface area (Å²) in [5.41, 5.74) is 0.608. The van der Waals surface area contributed by atoms with Gasteiger partial charge in [-0.3, -0.25) is 14.4 Å². The molecular formula is C66H62Br3N15O10. The lowest BCUT2D eigenvalue weighted by Gasteiger charge is -2.26. The summed E-state index contributed by atoms with van der Waals surface area (Å²) in [4.78, 5) is 82.1. The minimum atomic E-state index is -0.880. The molecule has 11 rings (SSSR count). The van der Waals surface area contributed by atoms with Crippen molar-refractivity contribution in [3.63, 3.8) is 0 Å². The zero-order chi connectivity index (χ0) is 67.1. The summed E-state index contributed by atoms with van der Waals surface area (Å²) in [5.74, 6) is 1.71. The number of ether oxygens (including phenoxy) is 5. The average Bonchev–Trinajstić information content (AvgIpc) is 1.12. The zero-order valence-electron chi connectivity index (χ0n) is 51.7. The van der Waals surface area contributed by atoms with Crippen molar-refractivity contribution in [2.45, 2.75) is 72.4 Å². The molecule has 0 saturated heterocycles. The number of imide groups is 2. The molecule has 28 heteroatoms. The van der Waals surface area contributed by atoms with Gasteiger partial charge < -0.3 is 42.7 Å². The summed E-state index contributed by atoms with van der Waals surface area (Å²) in [6.07, 6.45) is 13.9. The lowest BCUT2D eigenvalue weighted by Crippen LogP contribution is -2.41. The van der Waals surface area contributed by atoms with Crippen molar-refractivity contribution in [2.24, 2.45) is 0 Å². The first-order valence-corrected chi connectivity index (χ1v) is 31.3. The van der Waals surface area contributed by atoms with Crippen molar-refractivity contribution >= 4 is 95.2 Å². The Morgan fingerprint density at radius 1 is 0.628 bits per heavy atom. The summed E-state index contributed by atoms with van der Waals surface area (Å²) in [7, 11) is 0. The highest BCUT2D eigenvalue weighted by molar-refractivity contribution is 9.11. The van der Waals surface area contributed by atoms with E-state index in [0.717, 1.165) is 14.3 Å². The molecule has 0 spiro atoms. The Bertz CT molecular complexity index is 4340. The molecule has 94 heavy (non-hydrogen) atoms. The maximum absolute atomic E-state index is 13.8. The van der Waals surface area contributed by atoms with Crippen molar-refractivity contribution in [2.75, 3.05) is 34.9 Å². The first kappa shape index (κ1) is 68.1. The molecule has 482 valence electrons. The molecule has 0 saturated carbocycles. The van der Waals surface area contributed by atoms with Crippen LogP contribution in [0.4, 0.5) is 27.0 Å². The van der Waals surface area contributed by atoms with Gasteiger partial charge in [0.25, 0.3) is 17.7 Å². The van der Waals surface area contributed by atoms with E-state index in [4.69, 9.17) is 23.7 Å². The van der Waals surface area contributed by atoms with E-state index in [-0.39, 0.29) is 47.6 Å². The van der Waals surface area contributed by atoms with Gasteiger partial charge in [0.2, 0.25) is 0 Å². The number of allylic oxidation sites excluding steroid dienone is 3. The van der Waals surface area contributed by atoms with Gasteiger partial charge in [-0.05, 0) is 145 Å². The third kappa shape index (κ3) is 17.6. The number of nitrogens with one attached hydrogen (secondary N) is 1. The highest BCUT2D eigenvalue weighted by atomic mass is 79.9. The molecule has 25 nitrogen and oxygen atoms in total. The van der Waals surface area contributed by atoms with Crippen LogP contribution in [0.15, 0.2) is 191 Å². The molecule has 2 aliphatic heterocycles. The maximum atomic E-state index is 13.8. The van der Waals surface area contributed by atoms with Gasteiger partial charge in [-0.2, -0.15) is 9.80 Å². The summed E-state index contributed by atoms with van der Waals surface area (Å²) in [6.45, 7) is 20.0. The molecule has 0 radical (unpaired) electrons. The number of carbonyl (C=O) groups is 5. The van der Waals surface area contributed by atoms with E-state index in [1.54, 1.807) is 173 Å². The molecule has 1 N–H and O–H groups in total. The third-order valence-corrected chi connectivity index (χ3v) is 14.3. The van der Waals surface area contributed by atoms with E-state index in [1.807, 2.05) is 47.1 Å². The number of fused-ring (bicyclic) bond motifs is 10. The second-order valence-corrected chi connectivity index (χ2v) is 24.9. The predicted octanol–water partition coefficient (Wildman–Crippen LogP) is 13.4. The fraction of sp³-hybridized carbons (Fsp3) is 0.212. The van der Waals surface area contributed by atoms with Crippen LogP contribution in [0, 0.1) is 0 Å². The highest BCUT2D eigenvalue weighted by Crippen LogP contribution is 2.32. The molecular weight excluding hydrogens is 1400 g/mol. The summed E-state index contributed by atoms with van der Waals surface area (Å²) < 4.78 is 35.9. The van der Waals surface area contributed by atoms with Crippen LogP contribution < -0.4 is 29.3 Å². The number of halogens is 3. The van der Waals surface area contributed by atoms with Crippen molar-refractivity contribution < 1.29 is 47.7 Å². The van der Waals surface area contributed by atoms with Crippen molar-refractivity contribution in [3.05, 3.63) is 208 Å². The van der Waals surface area contributed by atoms with Gasteiger partial charge in [0.05, 0.1) is 16.7 Å². The number of nitrogens with zero attached hydrogens (tertiary/aromatic N) is 14. The Hall–Kier alpha value is -10.3. The quantitative estimate of drug-likeness (QED) is 0.138. The number of benzene rings is 3. The number of amides is 5. The average molecular weight is 1470 g/mol. The van der Waals surface area contributed by atoms with Crippen molar-refractivity contribution in [1.82, 2.24) is 59.2 Å². The van der Waals surface area contributed by atoms with Crippen LogP contribution in [0.3, 0.4) is 0 Å². The standard InChI is InChI=1S/C25H26BrN5O4.C23H22BrN5O4.C18H14BrN5O2/c1-6-13-30-16-27-29-22(30)19-9-8-10-21(28-19)31(24(33)35-25(3,4)5)23(32)18-15-17(26)11-12-20(18)34-14-7-2;1-23(2,3)33-22(31)29-19-8-6-7-17(26-19)20-27-25-14-28(20)11-4-5-12-32-18-10-9-15(24)13-16(18)21(29)30;19-12-6-7-15-13(10-12)18(25)22-16-5-3-4-14(21-16)17-23-20-11-24(17)8-1-2-9-26-15/h6-12,15-16H,1-2,13-14H2,3-5H3;4-10,13-14H,11-12H2,1-3H3;1-7,10-11H,8-9H2,(H,21,22,25)/b;5-4+;2-1+. The number of rotatable bonds is 8. The number of pyridine rings is 3. The first-order valence-electron chi connectivity index (χ1n) is 28.9. The summed E-state index contributed by atoms with van der Waals surface area (Å²) in [5, 5.41) is 27.1. The molecule has 9 aromatic rings. The van der Waals surface area contributed by atoms with Gasteiger partial charge in [-0.25, -0.2) is 24.5 Å². The predicted molar refractivity (Wildman–Crippen MR) is 361 cm³/mol. The van der Waals surface area contributed by atoms with Gasteiger partial charge >= 0.3 is 12.2 Å². The Labute approximate surface area is 565 Å². The van der Waals surface area contributed by atoms with E-state index >= 15 is 0 Å². The van der Waals surface area contributed by atoms with Gasteiger partial charge in [-0.1, -0.05) is 96.9 Å². The monoisotopic (exact) mass is 1460 g/mol. The van der Waals surface area contributed by atoms with Gasteiger partial charge in [0.1, 0.15) is 102 Å². The zero-order valence-corrected chi connectivity index (χ0v) is 56.5. The minimum absolute atomic E-state index is 0.0598. The molecule has 8 heterocycles. The van der Waals surface area contributed by atoms with Crippen molar-refractivity contribution in [1.29, 1.82) is 0 Å². The van der Waals surface area contributed by atoms with Gasteiger partial charge in [0, 0.05) is 33.1 Å². The molecule has 5 amide bonds. The number of anilines is 3. The van der Waals surface area contributed by atoms with Gasteiger partial charge in [-0.15, -0.1) is 37.2 Å². The number of carbonyl (C=O) groups excluding carboxylic acids is 5. The van der Waals surface area contributed by atoms with E-state index in [1.165, 1.54) is 0 Å². The summed E-state index contributed by atoms with van der Waals surface area (Å²) >= 11 is 10.2. The van der Waals surface area contributed by atoms with Crippen LogP contribution in [0.1, 0.15) is 72.6 Å². The van der Waals surface area contributed by atoms with E-state index < -0.39 is 35.2 Å². The SMILES string of the molecule is C=CCOc1ccc(Br)cc1C(=O)N(C(=O)OC(C)(C)C)c1cccc(-c2nncn2CC=C)n1.CC(C)(C)OC(=O)N1C(=O)c2cc(Br)ccc2OC/C=C/Cn2cnnc2-c2cccc1n2.O=C1Nc2cccc(n2)-c2nncn2C/C=C/COc2ccc(Br)cc21. The third-order valence-electron chi connectivity index (χ3n) is 12.8. The smallest absolute Gasteiger partial charge is 0.423 e. The fourth-order valence-corrected chi connectivity index (χ4v) is 9.89. The van der Waals surface area contributed by atoms with Gasteiger partial charge in [0.15, 0.2) is 17.5 Å². The van der Waals surface area contributed by atoms with Crippen LogP contribution in [0.2, 0.25) is 0 Å². The highest BCUT2D eigenvalue weighted by Gasteiger charge is 2.35. The van der Waals surface area contributed by atoms with E-state index in [9.17, 15) is 24.0 Å². The van der Waals surface area contributed by atoms with Crippen molar-refractivity contribution in [3.8, 4) is 51.8 Å². The molecule has 0 aliphatic carbocycles.